The van der Waals surface area contributed by atoms with Gasteiger partial charge < -0.3 is 14.8 Å². The Hall–Kier alpha value is -2.01. The van der Waals surface area contributed by atoms with Crippen LogP contribution in [0.5, 0.6) is 0 Å². The number of hydroxylamine groups is 1. The van der Waals surface area contributed by atoms with Gasteiger partial charge in [-0.1, -0.05) is 6.07 Å². The van der Waals surface area contributed by atoms with Crippen molar-refractivity contribution < 1.29 is 19.8 Å². The highest BCUT2D eigenvalue weighted by Crippen LogP contribution is 2.27. The van der Waals surface area contributed by atoms with Crippen LogP contribution in [0.25, 0.3) is 11.0 Å². The number of carbonyl (C=O) groups excluding carboxylic acids is 1. The lowest BCUT2D eigenvalue weighted by Crippen LogP contribution is -2.30. The van der Waals surface area contributed by atoms with Crippen LogP contribution in [0.15, 0.2) is 36.5 Å². The third kappa shape index (κ3) is 4.35. The van der Waals surface area contributed by atoms with Crippen molar-refractivity contribution in [3.8, 4) is 0 Å². The second-order valence-corrected chi connectivity index (χ2v) is 7.83. The summed E-state index contributed by atoms with van der Waals surface area (Å²) in [6.45, 7) is 1.42. The summed E-state index contributed by atoms with van der Waals surface area (Å²) in [5.41, 5.74) is 6.66. The van der Waals surface area contributed by atoms with E-state index in [0.29, 0.717) is 17.6 Å². The molecule has 0 saturated heterocycles. The van der Waals surface area contributed by atoms with Gasteiger partial charge in [-0.3, -0.25) is 9.63 Å². The molecule has 148 valence electrons. The van der Waals surface area contributed by atoms with Crippen molar-refractivity contribution >= 4 is 39.5 Å². The molecule has 0 saturated carbocycles. The average Bonchev–Trinajstić information content (AvgIpc) is 2.96. The van der Waals surface area contributed by atoms with Gasteiger partial charge in [0.1, 0.15) is 18.4 Å². The van der Waals surface area contributed by atoms with Crippen molar-refractivity contribution in [2.45, 2.75) is 19.4 Å². The Bertz CT molecular complexity index is 1000. The summed E-state index contributed by atoms with van der Waals surface area (Å²) in [7, 11) is 1.89. The van der Waals surface area contributed by atoms with E-state index in [9.17, 15) is 9.90 Å². The molecule has 0 unspecified atom stereocenters. The summed E-state index contributed by atoms with van der Waals surface area (Å²) in [5, 5.41) is 19.0. The fourth-order valence-electron chi connectivity index (χ4n) is 3.12. The molecule has 0 aliphatic rings. The zero-order chi connectivity index (χ0) is 20.3. The number of pyridine rings is 1. The molecule has 28 heavy (non-hydrogen) atoms. The normalized spacial score (nSPS) is 12.3. The van der Waals surface area contributed by atoms with E-state index in [1.165, 1.54) is 0 Å². The van der Waals surface area contributed by atoms with Crippen LogP contribution in [0.1, 0.15) is 27.2 Å². The Morgan fingerprint density at radius 2 is 2.18 bits per heavy atom. The molecule has 1 aromatic carbocycles. The summed E-state index contributed by atoms with van der Waals surface area (Å²) in [6.07, 6.45) is 1.21. The van der Waals surface area contributed by atoms with E-state index in [2.05, 4.69) is 52.1 Å². The minimum Gasteiger partial charge on any atom is -0.394 e. The number of aryl methyl sites for hydroxylation is 2. The smallest absolute Gasteiger partial charge is 0.277 e. The highest BCUT2D eigenvalue weighted by Gasteiger charge is 2.22. The van der Waals surface area contributed by atoms with Crippen molar-refractivity contribution in [1.82, 2.24) is 15.0 Å². The van der Waals surface area contributed by atoms with E-state index in [0.717, 1.165) is 25.8 Å². The lowest BCUT2D eigenvalue weighted by molar-refractivity contribution is -0.0295. The van der Waals surface area contributed by atoms with Crippen molar-refractivity contribution in [3.63, 3.8) is 0 Å². The number of nitrogens with zero attached hydrogens (tertiary/aromatic N) is 2. The van der Waals surface area contributed by atoms with Gasteiger partial charge in [0.05, 0.1) is 12.2 Å². The number of rotatable bonds is 7. The molecule has 0 spiro atoms. The van der Waals surface area contributed by atoms with Crippen LogP contribution in [0, 0.1) is 10.5 Å². The monoisotopic (exact) mass is 495 g/mol. The SMILES string of the molecule is Cc1cc(I)ccc1Cc1c(C(=O)NOC[C@H](O)CO)c2cccnc2n1C. The first-order valence-corrected chi connectivity index (χ1v) is 9.88. The average molecular weight is 495 g/mol. The van der Waals surface area contributed by atoms with E-state index in [4.69, 9.17) is 9.94 Å². The summed E-state index contributed by atoms with van der Waals surface area (Å²) in [5.74, 6) is -0.415. The van der Waals surface area contributed by atoms with Gasteiger partial charge in [0.25, 0.3) is 5.91 Å². The van der Waals surface area contributed by atoms with Gasteiger partial charge in [-0.05, 0) is 64.9 Å². The van der Waals surface area contributed by atoms with Gasteiger partial charge in [0.2, 0.25) is 0 Å². The zero-order valence-electron chi connectivity index (χ0n) is 15.6. The molecule has 0 aliphatic carbocycles. The first-order valence-electron chi connectivity index (χ1n) is 8.80. The number of aliphatic hydroxyl groups excluding tert-OH is 2. The van der Waals surface area contributed by atoms with E-state index < -0.39 is 18.6 Å². The Labute approximate surface area is 176 Å². The predicted molar refractivity (Wildman–Crippen MR) is 114 cm³/mol. The maximum Gasteiger partial charge on any atom is 0.277 e. The van der Waals surface area contributed by atoms with Crippen LogP contribution < -0.4 is 5.48 Å². The zero-order valence-corrected chi connectivity index (χ0v) is 17.8. The van der Waals surface area contributed by atoms with Gasteiger partial charge in [-0.15, -0.1) is 0 Å². The van der Waals surface area contributed by atoms with Crippen LogP contribution in [0.4, 0.5) is 0 Å². The molecule has 0 radical (unpaired) electrons. The van der Waals surface area contributed by atoms with Crippen molar-refractivity contribution in [2.75, 3.05) is 13.2 Å². The largest absolute Gasteiger partial charge is 0.394 e. The maximum absolute atomic E-state index is 12.9. The van der Waals surface area contributed by atoms with Crippen LogP contribution in [0.3, 0.4) is 0 Å². The number of aliphatic hydroxyl groups is 2. The fourth-order valence-corrected chi connectivity index (χ4v) is 3.76. The lowest BCUT2D eigenvalue weighted by Gasteiger charge is -2.12. The number of amides is 1. The van der Waals surface area contributed by atoms with Gasteiger partial charge in [-0.25, -0.2) is 10.5 Å². The molecule has 3 rings (SSSR count). The van der Waals surface area contributed by atoms with Gasteiger partial charge in [0.15, 0.2) is 0 Å². The highest BCUT2D eigenvalue weighted by atomic mass is 127. The van der Waals surface area contributed by atoms with E-state index in [1.807, 2.05) is 23.7 Å². The van der Waals surface area contributed by atoms with E-state index in [1.54, 1.807) is 12.3 Å². The molecular formula is C20H22IN3O4. The van der Waals surface area contributed by atoms with Crippen LogP contribution in [0.2, 0.25) is 0 Å². The van der Waals surface area contributed by atoms with Gasteiger partial charge in [0, 0.05) is 34.3 Å². The van der Waals surface area contributed by atoms with Crippen LogP contribution >= 0.6 is 22.6 Å². The molecule has 8 heteroatoms. The number of halogens is 1. The van der Waals surface area contributed by atoms with Crippen molar-refractivity contribution in [2.24, 2.45) is 7.05 Å². The predicted octanol–water partition coefficient (Wildman–Crippen LogP) is 2.09. The second-order valence-electron chi connectivity index (χ2n) is 6.58. The number of fused-ring (bicyclic) bond motifs is 1. The second kappa shape index (κ2) is 8.99. The quantitative estimate of drug-likeness (QED) is 0.345. The van der Waals surface area contributed by atoms with E-state index in [-0.39, 0.29) is 6.61 Å². The third-order valence-corrected chi connectivity index (χ3v) is 5.28. The number of hydrogen-bond acceptors (Lipinski definition) is 5. The van der Waals surface area contributed by atoms with Crippen molar-refractivity contribution in [3.05, 3.63) is 62.5 Å². The van der Waals surface area contributed by atoms with Crippen LogP contribution in [-0.4, -0.2) is 45.0 Å². The molecule has 0 aliphatic heterocycles. The minimum absolute atomic E-state index is 0.198. The first-order chi connectivity index (χ1) is 13.4. The van der Waals surface area contributed by atoms with Crippen LogP contribution in [-0.2, 0) is 18.3 Å². The number of hydrogen-bond donors (Lipinski definition) is 3. The number of nitrogens with one attached hydrogen (secondary N) is 1. The number of benzene rings is 1. The van der Waals surface area contributed by atoms with Gasteiger partial charge in [-0.2, -0.15) is 0 Å². The summed E-state index contributed by atoms with van der Waals surface area (Å²) < 4.78 is 3.08. The lowest BCUT2D eigenvalue weighted by atomic mass is 10.0. The molecule has 3 aromatic rings. The Morgan fingerprint density at radius 1 is 1.39 bits per heavy atom. The highest BCUT2D eigenvalue weighted by molar-refractivity contribution is 14.1. The Morgan fingerprint density at radius 3 is 2.89 bits per heavy atom. The molecule has 1 atom stereocenters. The number of carbonyl (C=O) groups is 1. The molecule has 2 heterocycles. The number of aromatic nitrogens is 2. The molecule has 0 bridgehead atoms. The topological polar surface area (TPSA) is 96.6 Å². The maximum atomic E-state index is 12.9. The molecule has 0 fully saturated rings. The fraction of sp³-hybridized carbons (Fsp3) is 0.300. The Kier molecular flexibility index (Phi) is 6.65. The standard InChI is InChI=1S/C20H22IN3O4/c1-12-8-14(21)6-5-13(12)9-17-18(20(27)23-28-11-15(26)10-25)16-4-3-7-22-19(16)24(17)2/h3-8,15,25-26H,9-11H2,1-2H3,(H,23,27)/t15-/m1/s1. The summed E-state index contributed by atoms with van der Waals surface area (Å²) >= 11 is 2.28. The summed E-state index contributed by atoms with van der Waals surface area (Å²) in [4.78, 5) is 22.3. The molecule has 1 amide bonds. The molecule has 7 nitrogen and oxygen atoms in total. The Balaban J connectivity index is 1.98. The molecule has 2 aromatic heterocycles. The first kappa shape index (κ1) is 20.7. The minimum atomic E-state index is -1.05. The summed E-state index contributed by atoms with van der Waals surface area (Å²) in [6, 6.07) is 9.86. The molecular weight excluding hydrogens is 473 g/mol. The van der Waals surface area contributed by atoms with Crippen molar-refractivity contribution in [1.29, 1.82) is 0 Å². The molecule has 3 N–H and O–H groups in total. The third-order valence-electron chi connectivity index (χ3n) is 4.61. The van der Waals surface area contributed by atoms with Gasteiger partial charge >= 0.3 is 0 Å². The van der Waals surface area contributed by atoms with E-state index >= 15 is 0 Å².